The van der Waals surface area contributed by atoms with Gasteiger partial charge in [-0.1, -0.05) is 55.8 Å². The summed E-state index contributed by atoms with van der Waals surface area (Å²) in [6.07, 6.45) is 0.542. The molecule has 2 aromatic carbocycles. The smallest absolute Gasteiger partial charge is 0.411 e. The summed E-state index contributed by atoms with van der Waals surface area (Å²) in [6, 6.07) is 18.6. The molecule has 3 amide bonds. The van der Waals surface area contributed by atoms with Gasteiger partial charge < -0.3 is 15.4 Å². The first kappa shape index (κ1) is 26.2. The van der Waals surface area contributed by atoms with E-state index in [-0.39, 0.29) is 30.8 Å². The van der Waals surface area contributed by atoms with Gasteiger partial charge in [0.05, 0.1) is 18.8 Å². The number of ether oxygens (including phenoxy) is 1. The Hall–Kier alpha value is -3.91. The van der Waals surface area contributed by atoms with Crippen LogP contribution in [-0.2, 0) is 27.4 Å². The Morgan fingerprint density at radius 2 is 1.89 bits per heavy atom. The molecule has 2 heterocycles. The van der Waals surface area contributed by atoms with E-state index in [1.54, 1.807) is 60.8 Å². The number of halogens is 1. The van der Waals surface area contributed by atoms with Crippen molar-refractivity contribution in [1.82, 2.24) is 15.2 Å². The van der Waals surface area contributed by atoms with E-state index in [0.29, 0.717) is 28.4 Å². The highest BCUT2D eigenvalue weighted by Crippen LogP contribution is 2.35. The number of pyridine rings is 1. The van der Waals surface area contributed by atoms with Crippen molar-refractivity contribution in [2.24, 2.45) is 5.92 Å². The monoisotopic (exact) mass is 520 g/mol. The van der Waals surface area contributed by atoms with Crippen molar-refractivity contribution in [3.8, 4) is 0 Å². The van der Waals surface area contributed by atoms with Crippen LogP contribution in [0.5, 0.6) is 0 Å². The first-order valence-corrected chi connectivity index (χ1v) is 12.5. The number of hydrogen-bond acceptors (Lipinski definition) is 5. The van der Waals surface area contributed by atoms with E-state index in [2.05, 4.69) is 15.6 Å². The minimum absolute atomic E-state index is 0.109. The lowest BCUT2D eigenvalue weighted by molar-refractivity contribution is -0.126. The Morgan fingerprint density at radius 3 is 2.62 bits per heavy atom. The van der Waals surface area contributed by atoms with Crippen LogP contribution in [0.2, 0.25) is 5.02 Å². The highest BCUT2D eigenvalue weighted by atomic mass is 35.5. The maximum Gasteiger partial charge on any atom is 0.411 e. The molecule has 1 saturated heterocycles. The third-order valence-electron chi connectivity index (χ3n) is 5.86. The van der Waals surface area contributed by atoms with Gasteiger partial charge >= 0.3 is 6.09 Å². The number of benzene rings is 2. The van der Waals surface area contributed by atoms with E-state index < -0.39 is 18.2 Å². The van der Waals surface area contributed by atoms with Gasteiger partial charge in [0.1, 0.15) is 0 Å². The van der Waals surface area contributed by atoms with Crippen LogP contribution in [0.4, 0.5) is 10.5 Å². The van der Waals surface area contributed by atoms with Crippen LogP contribution >= 0.6 is 11.6 Å². The zero-order valence-corrected chi connectivity index (χ0v) is 21.4. The van der Waals surface area contributed by atoms with Gasteiger partial charge in [0.25, 0.3) is 0 Å². The summed E-state index contributed by atoms with van der Waals surface area (Å²) in [4.78, 5) is 44.5. The summed E-state index contributed by atoms with van der Waals surface area (Å²) in [6.45, 7) is 4.28. The lowest BCUT2D eigenvalue weighted by Gasteiger charge is -2.24. The second-order valence-corrected chi connectivity index (χ2v) is 9.75. The maximum absolute atomic E-state index is 13.5. The molecule has 9 heteroatoms. The minimum Gasteiger partial charge on any atom is -0.438 e. The van der Waals surface area contributed by atoms with Crippen LogP contribution in [0, 0.1) is 5.92 Å². The summed E-state index contributed by atoms with van der Waals surface area (Å²) < 4.78 is 5.74. The third-order valence-corrected chi connectivity index (χ3v) is 6.09. The van der Waals surface area contributed by atoms with Gasteiger partial charge in [-0.15, -0.1) is 0 Å². The molecule has 192 valence electrons. The third kappa shape index (κ3) is 6.86. The van der Waals surface area contributed by atoms with Crippen molar-refractivity contribution >= 4 is 35.2 Å². The molecule has 1 aliphatic heterocycles. The van der Waals surface area contributed by atoms with Gasteiger partial charge in [-0.3, -0.25) is 19.5 Å². The Morgan fingerprint density at radius 1 is 1.08 bits per heavy atom. The molecule has 8 nitrogen and oxygen atoms in total. The highest BCUT2D eigenvalue weighted by molar-refractivity contribution is 6.30. The number of amides is 3. The molecule has 0 bridgehead atoms. The number of carbonyl (C=O) groups excluding carboxylic acids is 3. The predicted octanol–water partition coefficient (Wildman–Crippen LogP) is 5.10. The van der Waals surface area contributed by atoms with E-state index in [1.807, 2.05) is 26.0 Å². The first-order valence-electron chi connectivity index (χ1n) is 12.1. The van der Waals surface area contributed by atoms with Crippen LogP contribution in [0.1, 0.15) is 43.2 Å². The van der Waals surface area contributed by atoms with Crippen LogP contribution < -0.4 is 10.6 Å². The van der Waals surface area contributed by atoms with Gasteiger partial charge in [0, 0.05) is 23.3 Å². The number of nitrogens with zero attached hydrogens (tertiary/aromatic N) is 2. The minimum atomic E-state index is -0.947. The van der Waals surface area contributed by atoms with Crippen LogP contribution in [0.15, 0.2) is 72.9 Å². The molecule has 1 aliphatic rings. The summed E-state index contributed by atoms with van der Waals surface area (Å²) >= 11 is 6.14. The van der Waals surface area contributed by atoms with E-state index in [1.165, 1.54) is 4.90 Å². The zero-order chi connectivity index (χ0) is 26.4. The Labute approximate surface area is 221 Å². The average Bonchev–Trinajstić information content (AvgIpc) is 3.18. The summed E-state index contributed by atoms with van der Waals surface area (Å²) in [7, 11) is 0. The van der Waals surface area contributed by atoms with Gasteiger partial charge in [-0.25, -0.2) is 4.79 Å². The molecule has 1 fully saturated rings. The number of carbonyl (C=O) groups is 3. The number of hydrogen-bond donors (Lipinski definition) is 2. The number of nitrogens with one attached hydrogen (secondary N) is 2. The number of anilines is 1. The zero-order valence-electron chi connectivity index (χ0n) is 20.7. The molecular weight excluding hydrogens is 492 g/mol. The molecule has 0 radical (unpaired) electrons. The van der Waals surface area contributed by atoms with Crippen molar-refractivity contribution in [2.75, 3.05) is 5.32 Å². The number of aromatic nitrogens is 1. The van der Waals surface area contributed by atoms with Crippen LogP contribution in [0.25, 0.3) is 0 Å². The fraction of sp³-hybridized carbons (Fsp3) is 0.286. The van der Waals surface area contributed by atoms with Crippen molar-refractivity contribution < 1.29 is 19.1 Å². The molecule has 2 unspecified atom stereocenters. The highest BCUT2D eigenvalue weighted by Gasteiger charge is 2.47. The lowest BCUT2D eigenvalue weighted by atomic mass is 10.00. The standard InChI is InChI=1S/C28H29ClN4O4/c1-18(2)13-24(34)32-22-11-6-8-20(15-22)26-25(27(35)31-16-23-10-3-4-12-30-23)33(28(36)37-26)17-19-7-5-9-21(29)14-19/h3-12,14-15,18,25-26H,13,16-17H2,1-2H3,(H,31,35)(H,32,34). The second kappa shape index (κ2) is 11.9. The molecular formula is C28H29ClN4O4. The first-order chi connectivity index (χ1) is 17.8. The number of rotatable bonds is 9. The molecule has 0 spiro atoms. The van der Waals surface area contributed by atoms with E-state index in [4.69, 9.17) is 16.3 Å². The van der Waals surface area contributed by atoms with E-state index in [0.717, 1.165) is 5.56 Å². The van der Waals surface area contributed by atoms with Gasteiger partial charge in [-0.05, 0) is 53.4 Å². The molecule has 0 saturated carbocycles. The lowest BCUT2D eigenvalue weighted by Crippen LogP contribution is -2.46. The van der Waals surface area contributed by atoms with Gasteiger partial charge in [0.2, 0.25) is 11.8 Å². The average molecular weight is 521 g/mol. The van der Waals surface area contributed by atoms with Crippen molar-refractivity contribution in [3.63, 3.8) is 0 Å². The van der Waals surface area contributed by atoms with Gasteiger partial charge in [-0.2, -0.15) is 0 Å². The Balaban J connectivity index is 1.60. The fourth-order valence-electron chi connectivity index (χ4n) is 4.20. The molecule has 1 aromatic heterocycles. The van der Waals surface area contributed by atoms with Crippen molar-refractivity contribution in [2.45, 2.75) is 45.5 Å². The molecule has 37 heavy (non-hydrogen) atoms. The van der Waals surface area contributed by atoms with E-state index in [9.17, 15) is 14.4 Å². The summed E-state index contributed by atoms with van der Waals surface area (Å²) in [5.74, 6) is -0.272. The normalized spacial score (nSPS) is 17.0. The maximum atomic E-state index is 13.5. The molecule has 3 aromatic rings. The molecule has 2 atom stereocenters. The van der Waals surface area contributed by atoms with Gasteiger partial charge in [0.15, 0.2) is 12.1 Å². The van der Waals surface area contributed by atoms with E-state index >= 15 is 0 Å². The predicted molar refractivity (Wildman–Crippen MR) is 141 cm³/mol. The topological polar surface area (TPSA) is 101 Å². The second-order valence-electron chi connectivity index (χ2n) is 9.32. The molecule has 2 N–H and O–H groups in total. The number of cyclic esters (lactones) is 1. The quantitative estimate of drug-likeness (QED) is 0.409. The SMILES string of the molecule is CC(C)CC(=O)Nc1cccc(C2OC(=O)N(Cc3cccc(Cl)c3)C2C(=O)NCc2ccccn2)c1. The van der Waals surface area contributed by atoms with Crippen molar-refractivity contribution in [3.05, 3.63) is 94.8 Å². The Bertz CT molecular complexity index is 1270. The largest absolute Gasteiger partial charge is 0.438 e. The van der Waals surface area contributed by atoms with Crippen LogP contribution in [0.3, 0.4) is 0 Å². The van der Waals surface area contributed by atoms with Crippen LogP contribution in [-0.4, -0.2) is 33.8 Å². The fourth-order valence-corrected chi connectivity index (χ4v) is 4.42. The Kier molecular flexibility index (Phi) is 8.40. The molecule has 0 aliphatic carbocycles. The van der Waals surface area contributed by atoms with Crippen molar-refractivity contribution in [1.29, 1.82) is 0 Å². The molecule has 4 rings (SSSR count). The summed E-state index contributed by atoms with van der Waals surface area (Å²) in [5.41, 5.74) is 2.62. The summed E-state index contributed by atoms with van der Waals surface area (Å²) in [5, 5.41) is 6.30.